The number of piperidine rings is 2. The second-order valence-corrected chi connectivity index (χ2v) is 8.63. The number of likely N-dealkylation sites (tertiary alicyclic amines) is 2. The molecule has 4 rings (SSSR count). The fourth-order valence-corrected chi connectivity index (χ4v) is 4.78. The summed E-state index contributed by atoms with van der Waals surface area (Å²) in [4.78, 5) is 29.3. The monoisotopic (exact) mass is 408 g/mol. The van der Waals surface area contributed by atoms with E-state index in [9.17, 15) is 14.0 Å². The third-order valence-corrected chi connectivity index (χ3v) is 6.49. The number of hydrogen-bond donors (Lipinski definition) is 0. The number of nitrogens with zero attached hydrogens (tertiary/aromatic N) is 2. The van der Waals surface area contributed by atoms with Gasteiger partial charge in [-0.1, -0.05) is 42.0 Å². The van der Waals surface area contributed by atoms with Gasteiger partial charge in [0.25, 0.3) is 0 Å². The average Bonchev–Trinajstić information content (AvgIpc) is 2.75. The van der Waals surface area contributed by atoms with Gasteiger partial charge in [0, 0.05) is 38.5 Å². The third kappa shape index (κ3) is 4.72. The van der Waals surface area contributed by atoms with Crippen LogP contribution < -0.4 is 0 Å². The number of rotatable bonds is 5. The summed E-state index contributed by atoms with van der Waals surface area (Å²) in [7, 11) is 0. The number of hydrogen-bond acceptors (Lipinski definition) is 2. The molecule has 0 unspecified atom stereocenters. The van der Waals surface area contributed by atoms with Crippen LogP contribution in [0, 0.1) is 18.7 Å². The van der Waals surface area contributed by atoms with E-state index in [1.165, 1.54) is 23.3 Å². The Morgan fingerprint density at radius 3 is 2.67 bits per heavy atom. The summed E-state index contributed by atoms with van der Waals surface area (Å²) >= 11 is 0. The Morgan fingerprint density at radius 1 is 1.10 bits per heavy atom. The lowest BCUT2D eigenvalue weighted by atomic mass is 9.83. The Morgan fingerprint density at radius 2 is 1.90 bits per heavy atom. The minimum absolute atomic E-state index is 0.135. The summed E-state index contributed by atoms with van der Waals surface area (Å²) in [6, 6.07) is 14.9. The van der Waals surface area contributed by atoms with E-state index < -0.39 is 0 Å². The molecular weight excluding hydrogens is 379 g/mol. The summed E-state index contributed by atoms with van der Waals surface area (Å²) < 4.78 is 13.6. The number of fused-ring (bicyclic) bond motifs is 1. The van der Waals surface area contributed by atoms with Crippen LogP contribution in [-0.2, 0) is 22.6 Å². The van der Waals surface area contributed by atoms with Crippen molar-refractivity contribution in [3.63, 3.8) is 0 Å². The predicted molar refractivity (Wildman–Crippen MR) is 114 cm³/mol. The highest BCUT2D eigenvalue weighted by Gasteiger charge is 2.40. The molecule has 0 aliphatic carbocycles. The Bertz CT molecular complexity index is 912. The van der Waals surface area contributed by atoms with Gasteiger partial charge in [0.1, 0.15) is 5.82 Å². The van der Waals surface area contributed by atoms with Crippen LogP contribution in [-0.4, -0.2) is 40.7 Å². The molecule has 5 heteroatoms. The zero-order chi connectivity index (χ0) is 21.1. The zero-order valence-corrected chi connectivity index (χ0v) is 17.5. The summed E-state index contributed by atoms with van der Waals surface area (Å²) in [5.41, 5.74) is 3.23. The standard InChI is InChI=1S/C25H29FN2O2/c1-18-5-7-19(8-6-18)9-11-24(29)27-14-13-23-21(17-27)10-12-25(30)28(23)16-20-3-2-4-22(26)15-20/h2-8,15,21,23H,9-14,16-17H2,1H3/t21-,23+/m1/s1. The van der Waals surface area contributed by atoms with Crippen molar-refractivity contribution in [2.24, 2.45) is 5.92 Å². The first kappa shape index (κ1) is 20.6. The summed E-state index contributed by atoms with van der Waals surface area (Å²) in [5, 5.41) is 0. The van der Waals surface area contributed by atoms with E-state index in [4.69, 9.17) is 0 Å². The number of aryl methyl sites for hydroxylation is 2. The second-order valence-electron chi connectivity index (χ2n) is 8.63. The molecule has 2 atom stereocenters. The van der Waals surface area contributed by atoms with Crippen molar-refractivity contribution in [2.75, 3.05) is 13.1 Å². The van der Waals surface area contributed by atoms with Gasteiger partial charge in [-0.15, -0.1) is 0 Å². The van der Waals surface area contributed by atoms with Crippen LogP contribution in [0.5, 0.6) is 0 Å². The maximum atomic E-state index is 13.6. The van der Waals surface area contributed by atoms with Crippen molar-refractivity contribution in [3.05, 3.63) is 71.0 Å². The Kier molecular flexibility index (Phi) is 6.16. The number of halogens is 1. The normalized spacial score (nSPS) is 21.5. The van der Waals surface area contributed by atoms with E-state index in [0.29, 0.717) is 38.4 Å². The first-order valence-corrected chi connectivity index (χ1v) is 10.9. The molecule has 158 valence electrons. The van der Waals surface area contributed by atoms with E-state index >= 15 is 0 Å². The van der Waals surface area contributed by atoms with Crippen LogP contribution in [0.1, 0.15) is 42.4 Å². The molecule has 2 heterocycles. The molecule has 2 amide bonds. The highest BCUT2D eigenvalue weighted by atomic mass is 19.1. The van der Waals surface area contributed by atoms with Crippen molar-refractivity contribution in [2.45, 2.75) is 51.6 Å². The van der Waals surface area contributed by atoms with Crippen LogP contribution in [0.3, 0.4) is 0 Å². The third-order valence-electron chi connectivity index (χ3n) is 6.49. The molecule has 0 spiro atoms. The van der Waals surface area contributed by atoms with Gasteiger partial charge in [0.05, 0.1) is 0 Å². The maximum Gasteiger partial charge on any atom is 0.223 e. The van der Waals surface area contributed by atoms with Crippen LogP contribution >= 0.6 is 0 Å². The van der Waals surface area contributed by atoms with E-state index in [2.05, 4.69) is 31.2 Å². The van der Waals surface area contributed by atoms with Gasteiger partial charge in [-0.3, -0.25) is 9.59 Å². The molecule has 2 saturated heterocycles. The fraction of sp³-hybridized carbons (Fsp3) is 0.440. The van der Waals surface area contributed by atoms with Crippen LogP contribution in [0.4, 0.5) is 4.39 Å². The minimum atomic E-state index is -0.275. The molecule has 30 heavy (non-hydrogen) atoms. The Balaban J connectivity index is 1.36. The molecule has 2 aromatic rings. The number of carbonyl (C=O) groups excluding carboxylic acids is 2. The largest absolute Gasteiger partial charge is 0.342 e. The number of amides is 2. The lowest BCUT2D eigenvalue weighted by molar-refractivity contribution is -0.145. The Hall–Kier alpha value is -2.69. The molecule has 2 fully saturated rings. The lowest BCUT2D eigenvalue weighted by Crippen LogP contribution is -2.56. The van der Waals surface area contributed by atoms with Gasteiger partial charge in [0.2, 0.25) is 11.8 Å². The van der Waals surface area contributed by atoms with Crippen LogP contribution in [0.15, 0.2) is 48.5 Å². The molecule has 2 aliphatic rings. The van der Waals surface area contributed by atoms with Gasteiger partial charge in [-0.05, 0) is 55.4 Å². The van der Waals surface area contributed by atoms with E-state index in [1.54, 1.807) is 6.07 Å². The average molecular weight is 409 g/mol. The number of benzene rings is 2. The molecular formula is C25H29FN2O2. The summed E-state index contributed by atoms with van der Waals surface area (Å²) in [6.45, 7) is 3.90. The maximum absolute atomic E-state index is 13.6. The van der Waals surface area contributed by atoms with Crippen LogP contribution in [0.2, 0.25) is 0 Å². The lowest BCUT2D eigenvalue weighted by Gasteiger charge is -2.47. The van der Waals surface area contributed by atoms with Gasteiger partial charge in [-0.25, -0.2) is 4.39 Å². The molecule has 0 saturated carbocycles. The smallest absolute Gasteiger partial charge is 0.223 e. The van der Waals surface area contributed by atoms with E-state index in [-0.39, 0.29) is 23.7 Å². The highest BCUT2D eigenvalue weighted by Crippen LogP contribution is 2.32. The topological polar surface area (TPSA) is 40.6 Å². The van der Waals surface area contributed by atoms with Gasteiger partial charge < -0.3 is 9.80 Å². The van der Waals surface area contributed by atoms with Gasteiger partial charge >= 0.3 is 0 Å². The molecule has 4 nitrogen and oxygen atoms in total. The predicted octanol–water partition coefficient (Wildman–Crippen LogP) is 4.11. The SMILES string of the molecule is Cc1ccc(CCC(=O)N2CC[C@H]3[C@H](CCC(=O)N3Cc3cccc(F)c3)C2)cc1. The van der Waals surface area contributed by atoms with Crippen molar-refractivity contribution in [1.82, 2.24) is 9.80 Å². The fourth-order valence-electron chi connectivity index (χ4n) is 4.78. The first-order chi connectivity index (χ1) is 14.5. The first-order valence-electron chi connectivity index (χ1n) is 10.9. The van der Waals surface area contributed by atoms with Crippen LogP contribution in [0.25, 0.3) is 0 Å². The van der Waals surface area contributed by atoms with E-state index in [0.717, 1.165) is 24.8 Å². The van der Waals surface area contributed by atoms with Crippen molar-refractivity contribution < 1.29 is 14.0 Å². The minimum Gasteiger partial charge on any atom is -0.342 e. The molecule has 0 radical (unpaired) electrons. The summed E-state index contributed by atoms with van der Waals surface area (Å²) in [5.74, 6) is 0.359. The Labute approximate surface area is 177 Å². The van der Waals surface area contributed by atoms with Gasteiger partial charge in [-0.2, -0.15) is 0 Å². The zero-order valence-electron chi connectivity index (χ0n) is 17.5. The van der Waals surface area contributed by atoms with Crippen molar-refractivity contribution in [3.8, 4) is 0 Å². The van der Waals surface area contributed by atoms with E-state index in [1.807, 2.05) is 15.9 Å². The molecule has 2 aliphatic heterocycles. The quantitative estimate of drug-likeness (QED) is 0.747. The van der Waals surface area contributed by atoms with Crippen molar-refractivity contribution in [1.29, 1.82) is 0 Å². The number of carbonyl (C=O) groups is 2. The van der Waals surface area contributed by atoms with Gasteiger partial charge in [0.15, 0.2) is 0 Å². The second kappa shape index (κ2) is 8.99. The van der Waals surface area contributed by atoms with Crippen molar-refractivity contribution >= 4 is 11.8 Å². The molecule has 0 N–H and O–H groups in total. The molecule has 0 bridgehead atoms. The summed E-state index contributed by atoms with van der Waals surface area (Å²) in [6.07, 6.45) is 3.40. The molecule has 2 aromatic carbocycles. The molecule has 0 aromatic heterocycles. The highest BCUT2D eigenvalue weighted by molar-refractivity contribution is 5.78.